The molecule has 0 rings (SSSR count). The van der Waals surface area contributed by atoms with E-state index in [1.807, 2.05) is 4.90 Å². The van der Waals surface area contributed by atoms with Crippen LogP contribution in [0.25, 0.3) is 0 Å². The van der Waals surface area contributed by atoms with E-state index in [0.717, 1.165) is 0 Å². The molecule has 0 unspecified atom stereocenters. The monoisotopic (exact) mass is 265 g/mol. The molecule has 0 spiro atoms. The van der Waals surface area contributed by atoms with Crippen molar-refractivity contribution in [1.82, 2.24) is 4.90 Å². The molecule has 0 bridgehead atoms. The van der Waals surface area contributed by atoms with Gasteiger partial charge in [-0.25, -0.2) is 0 Å². The fourth-order valence-electron chi connectivity index (χ4n) is 1.18. The van der Waals surface area contributed by atoms with Crippen LogP contribution in [-0.2, 0) is 19.1 Å². The molecule has 5 N–H and O–H groups in total. The van der Waals surface area contributed by atoms with Crippen molar-refractivity contribution >= 4 is 11.9 Å². The van der Waals surface area contributed by atoms with Gasteiger partial charge in [0.2, 0.25) is 0 Å². The molecule has 0 aliphatic heterocycles. The Morgan fingerprint density at radius 1 is 1.00 bits per heavy atom. The van der Waals surface area contributed by atoms with E-state index in [2.05, 4.69) is 21.2 Å². The van der Waals surface area contributed by atoms with E-state index in [1.54, 1.807) is 0 Å². The second-order valence-corrected chi connectivity index (χ2v) is 3.22. The summed E-state index contributed by atoms with van der Waals surface area (Å²) in [5, 5.41) is 8.81. The maximum atomic E-state index is 10.9. The van der Waals surface area contributed by atoms with Crippen LogP contribution < -0.4 is 11.7 Å². The van der Waals surface area contributed by atoms with Crippen LogP contribution in [0.2, 0.25) is 0 Å². The summed E-state index contributed by atoms with van der Waals surface area (Å²) in [5.74, 6) is 7.39. The van der Waals surface area contributed by atoms with Crippen molar-refractivity contribution in [1.29, 1.82) is 0 Å². The minimum absolute atomic E-state index is 0.0116. The molecule has 0 aliphatic rings. The molecule has 8 nitrogen and oxygen atoms in total. The number of carbonyl (C=O) groups excluding carboxylic acids is 2. The second-order valence-electron chi connectivity index (χ2n) is 3.22. The largest absolute Gasteiger partial charge is 0.469 e. The molecule has 0 saturated carbocycles. The van der Waals surface area contributed by atoms with Gasteiger partial charge in [0, 0.05) is 19.6 Å². The zero-order chi connectivity index (χ0) is 14.4. The minimum atomic E-state index is -0.305. The fraction of sp³-hybridized carbons (Fsp3) is 0.800. The number of carbonyl (C=O) groups is 2. The molecule has 0 fully saturated rings. The van der Waals surface area contributed by atoms with Gasteiger partial charge in [-0.15, -0.1) is 0 Å². The van der Waals surface area contributed by atoms with Gasteiger partial charge in [-0.1, -0.05) is 0 Å². The highest BCUT2D eigenvalue weighted by Gasteiger charge is 2.10. The molecule has 8 heteroatoms. The number of hydrazine groups is 1. The van der Waals surface area contributed by atoms with Gasteiger partial charge in [0.1, 0.15) is 0 Å². The van der Waals surface area contributed by atoms with Crippen LogP contribution in [0.3, 0.4) is 0 Å². The van der Waals surface area contributed by atoms with Gasteiger partial charge >= 0.3 is 11.9 Å². The van der Waals surface area contributed by atoms with Gasteiger partial charge in [0.25, 0.3) is 0 Å². The van der Waals surface area contributed by atoms with Crippen LogP contribution in [0.1, 0.15) is 12.8 Å². The smallest absolute Gasteiger partial charge is 0.306 e. The average Bonchev–Trinajstić information content (AvgIpc) is 2.43. The third-order valence-corrected chi connectivity index (χ3v) is 2.14. The number of methoxy groups -OCH3 is 2. The Labute approximate surface area is 107 Å². The predicted molar refractivity (Wildman–Crippen MR) is 65.2 cm³/mol. The molecule has 0 atom stereocenters. The SMILES string of the molecule is COC(=O)CCN(CCO)CCC(=O)OC.NN. The Balaban J connectivity index is 0. The normalized spacial score (nSPS) is 9.44. The fourth-order valence-corrected chi connectivity index (χ4v) is 1.18. The van der Waals surface area contributed by atoms with E-state index < -0.39 is 0 Å². The lowest BCUT2D eigenvalue weighted by Gasteiger charge is -2.19. The van der Waals surface area contributed by atoms with Crippen molar-refractivity contribution < 1.29 is 24.2 Å². The molecular weight excluding hydrogens is 242 g/mol. The number of rotatable bonds is 8. The third-order valence-electron chi connectivity index (χ3n) is 2.14. The summed E-state index contributed by atoms with van der Waals surface area (Å²) in [6, 6.07) is 0. The van der Waals surface area contributed by atoms with E-state index in [0.29, 0.717) is 19.6 Å². The van der Waals surface area contributed by atoms with E-state index >= 15 is 0 Å². The van der Waals surface area contributed by atoms with Gasteiger partial charge in [0.15, 0.2) is 0 Å². The Morgan fingerprint density at radius 3 is 1.67 bits per heavy atom. The van der Waals surface area contributed by atoms with Crippen LogP contribution >= 0.6 is 0 Å². The van der Waals surface area contributed by atoms with Crippen molar-refractivity contribution in [3.05, 3.63) is 0 Å². The molecule has 0 amide bonds. The number of nitrogens with zero attached hydrogens (tertiary/aromatic N) is 1. The molecule has 0 aliphatic carbocycles. The lowest BCUT2D eigenvalue weighted by molar-refractivity contribution is -0.141. The first-order valence-electron chi connectivity index (χ1n) is 5.44. The predicted octanol–water partition coefficient (Wildman–Crippen LogP) is -1.77. The molecule has 0 aromatic heterocycles. The van der Waals surface area contributed by atoms with E-state index in [4.69, 9.17) is 5.11 Å². The van der Waals surface area contributed by atoms with Crippen LogP contribution in [0, 0.1) is 0 Å². The summed E-state index contributed by atoms with van der Waals surface area (Å²) in [4.78, 5) is 23.6. The Kier molecular flexibility index (Phi) is 14.7. The maximum Gasteiger partial charge on any atom is 0.306 e. The first-order chi connectivity index (χ1) is 8.63. The number of hydrogen-bond acceptors (Lipinski definition) is 8. The number of aliphatic hydroxyl groups excluding tert-OH is 1. The molecule has 0 heterocycles. The molecule has 18 heavy (non-hydrogen) atoms. The van der Waals surface area contributed by atoms with Gasteiger partial charge in [-0.2, -0.15) is 0 Å². The van der Waals surface area contributed by atoms with Gasteiger partial charge in [0.05, 0.1) is 33.7 Å². The van der Waals surface area contributed by atoms with Crippen LogP contribution in [0.15, 0.2) is 0 Å². The van der Waals surface area contributed by atoms with E-state index in [9.17, 15) is 9.59 Å². The Bertz CT molecular complexity index is 206. The number of esters is 2. The minimum Gasteiger partial charge on any atom is -0.469 e. The number of ether oxygens (including phenoxy) is 2. The second kappa shape index (κ2) is 13.8. The lowest BCUT2D eigenvalue weighted by Crippen LogP contribution is -2.31. The lowest BCUT2D eigenvalue weighted by atomic mass is 10.3. The number of aliphatic hydroxyl groups is 1. The van der Waals surface area contributed by atoms with Crippen molar-refractivity contribution in [2.24, 2.45) is 11.7 Å². The van der Waals surface area contributed by atoms with Gasteiger partial charge in [-0.05, 0) is 0 Å². The summed E-state index contributed by atoms with van der Waals surface area (Å²) in [5.41, 5.74) is 0. The van der Waals surface area contributed by atoms with Crippen molar-refractivity contribution in [3.8, 4) is 0 Å². The zero-order valence-electron chi connectivity index (χ0n) is 10.9. The third kappa shape index (κ3) is 11.3. The van der Waals surface area contributed by atoms with Crippen molar-refractivity contribution in [2.75, 3.05) is 40.5 Å². The first kappa shape index (κ1) is 19.1. The average molecular weight is 265 g/mol. The summed E-state index contributed by atoms with van der Waals surface area (Å²) in [7, 11) is 2.65. The molecule has 0 saturated heterocycles. The summed E-state index contributed by atoms with van der Waals surface area (Å²) in [6.45, 7) is 1.34. The topological polar surface area (TPSA) is 128 Å². The van der Waals surface area contributed by atoms with Crippen LogP contribution in [0.5, 0.6) is 0 Å². The number of nitrogens with two attached hydrogens (primary N) is 2. The first-order valence-corrected chi connectivity index (χ1v) is 5.44. The molecule has 0 radical (unpaired) electrons. The highest BCUT2D eigenvalue weighted by atomic mass is 16.5. The van der Waals surface area contributed by atoms with Crippen LogP contribution in [0.4, 0.5) is 0 Å². The van der Waals surface area contributed by atoms with Crippen molar-refractivity contribution in [2.45, 2.75) is 12.8 Å². The summed E-state index contributed by atoms with van der Waals surface area (Å²) >= 11 is 0. The van der Waals surface area contributed by atoms with Crippen LogP contribution in [-0.4, -0.2) is 62.4 Å². The zero-order valence-corrected chi connectivity index (χ0v) is 10.9. The molecule has 0 aromatic rings. The quantitative estimate of drug-likeness (QED) is 0.267. The summed E-state index contributed by atoms with van der Waals surface area (Å²) < 4.78 is 9.01. The maximum absolute atomic E-state index is 10.9. The molecule has 108 valence electrons. The van der Waals surface area contributed by atoms with Crippen molar-refractivity contribution in [3.63, 3.8) is 0 Å². The number of hydrogen-bond donors (Lipinski definition) is 3. The summed E-state index contributed by atoms with van der Waals surface area (Å²) in [6.07, 6.45) is 0.495. The highest BCUT2D eigenvalue weighted by Crippen LogP contribution is 1.96. The highest BCUT2D eigenvalue weighted by molar-refractivity contribution is 5.70. The Hall–Kier alpha value is -1.22. The standard InChI is InChI=1S/C10H19NO5.H4N2/c1-15-9(13)3-5-11(7-8-12)6-4-10(14)16-2;1-2/h12H,3-8H2,1-2H3;1-2H2. The molecular formula is C10H23N3O5. The molecule has 0 aromatic carbocycles. The van der Waals surface area contributed by atoms with Gasteiger partial charge in [-0.3, -0.25) is 26.2 Å². The Morgan fingerprint density at radius 2 is 1.39 bits per heavy atom. The van der Waals surface area contributed by atoms with E-state index in [-0.39, 0.29) is 31.4 Å². The van der Waals surface area contributed by atoms with Gasteiger partial charge < -0.3 is 14.6 Å². The van der Waals surface area contributed by atoms with E-state index in [1.165, 1.54) is 14.2 Å².